The number of nitro benzene ring substituents is 1. The number of nitrogens with zero attached hydrogens (tertiary/aromatic N) is 1. The van der Waals surface area contributed by atoms with Gasteiger partial charge in [-0.2, -0.15) is 0 Å². The third-order valence-electron chi connectivity index (χ3n) is 1.85. The van der Waals surface area contributed by atoms with Crippen LogP contribution < -0.4 is 10.9 Å². The van der Waals surface area contributed by atoms with E-state index >= 15 is 0 Å². The van der Waals surface area contributed by atoms with Gasteiger partial charge in [-0.1, -0.05) is 19.1 Å². The average molecular weight is 249 g/mol. The molecule has 0 aliphatic rings. The Kier molecular flexibility index (Phi) is 8.43. The van der Waals surface area contributed by atoms with E-state index in [-0.39, 0.29) is 24.2 Å². The standard InChI is InChI=1S/C10H13NO3.ClH.H3N/c1-3-7-14-9-6-4-5-8(2)10(9)11(12)13;;/h4-6H,3,7H2,1-2H3;1H;1H3. The Labute approximate surface area is 101 Å². The van der Waals surface area contributed by atoms with Crippen LogP contribution >= 0.6 is 12.4 Å². The number of rotatable bonds is 4. The molecule has 92 valence electrons. The second kappa shape index (κ2) is 7.90. The largest absolute Gasteiger partial charge is 0.487 e. The molecule has 3 N–H and O–H groups in total. The summed E-state index contributed by atoms with van der Waals surface area (Å²) in [6.45, 7) is 4.17. The number of halogens is 1. The van der Waals surface area contributed by atoms with Gasteiger partial charge >= 0.3 is 5.69 Å². The van der Waals surface area contributed by atoms with E-state index in [1.165, 1.54) is 0 Å². The molecule has 16 heavy (non-hydrogen) atoms. The van der Waals surface area contributed by atoms with Gasteiger partial charge in [-0.3, -0.25) is 10.1 Å². The molecule has 0 fully saturated rings. The fourth-order valence-corrected chi connectivity index (χ4v) is 1.19. The number of aryl methyl sites for hydroxylation is 1. The number of para-hydroxylation sites is 1. The smallest absolute Gasteiger partial charge is 0.313 e. The molecule has 1 aromatic carbocycles. The average Bonchev–Trinajstić information content (AvgIpc) is 2.14. The van der Waals surface area contributed by atoms with Crippen molar-refractivity contribution in [2.24, 2.45) is 0 Å². The lowest BCUT2D eigenvalue weighted by atomic mass is 10.2. The summed E-state index contributed by atoms with van der Waals surface area (Å²) in [5.41, 5.74) is 0.699. The minimum atomic E-state index is -0.402. The summed E-state index contributed by atoms with van der Waals surface area (Å²) in [5, 5.41) is 10.7. The minimum Gasteiger partial charge on any atom is -0.487 e. The van der Waals surface area contributed by atoms with E-state index in [1.807, 2.05) is 6.92 Å². The minimum absolute atomic E-state index is 0. The molecule has 1 aromatic rings. The molecule has 0 radical (unpaired) electrons. The molecule has 0 spiro atoms. The molecule has 0 atom stereocenters. The molecular formula is C10H17ClN2O3. The summed E-state index contributed by atoms with van der Waals surface area (Å²) >= 11 is 0. The lowest BCUT2D eigenvalue weighted by Crippen LogP contribution is -2.00. The first-order chi connectivity index (χ1) is 6.66. The Hall–Kier alpha value is -1.33. The SMILES string of the molecule is CCCOc1cccc(C)c1[N+](=O)[O-].Cl.N. The van der Waals surface area contributed by atoms with Crippen molar-refractivity contribution >= 4 is 18.1 Å². The van der Waals surface area contributed by atoms with E-state index < -0.39 is 4.92 Å². The van der Waals surface area contributed by atoms with Crippen molar-refractivity contribution in [3.8, 4) is 5.75 Å². The van der Waals surface area contributed by atoms with E-state index in [0.717, 1.165) is 6.42 Å². The van der Waals surface area contributed by atoms with E-state index in [4.69, 9.17) is 4.74 Å². The summed E-state index contributed by atoms with van der Waals surface area (Å²) in [4.78, 5) is 10.3. The molecule has 0 heterocycles. The predicted molar refractivity (Wildman–Crippen MR) is 65.9 cm³/mol. The van der Waals surface area contributed by atoms with Gasteiger partial charge in [0, 0.05) is 5.56 Å². The molecule has 0 aromatic heterocycles. The van der Waals surface area contributed by atoms with E-state index in [2.05, 4.69) is 0 Å². The van der Waals surface area contributed by atoms with Crippen molar-refractivity contribution in [3.05, 3.63) is 33.9 Å². The third kappa shape index (κ3) is 4.04. The Morgan fingerprint density at radius 2 is 2.06 bits per heavy atom. The maximum absolute atomic E-state index is 10.7. The summed E-state index contributed by atoms with van der Waals surface area (Å²) in [5.74, 6) is 0.358. The van der Waals surface area contributed by atoms with Crippen molar-refractivity contribution in [1.82, 2.24) is 6.15 Å². The van der Waals surface area contributed by atoms with Gasteiger partial charge in [0.25, 0.3) is 0 Å². The van der Waals surface area contributed by atoms with Crippen LogP contribution in [-0.2, 0) is 0 Å². The second-order valence-electron chi connectivity index (χ2n) is 3.03. The molecule has 0 aliphatic carbocycles. The molecule has 0 amide bonds. The zero-order chi connectivity index (χ0) is 10.6. The van der Waals surface area contributed by atoms with Gasteiger partial charge in [0.1, 0.15) is 0 Å². The van der Waals surface area contributed by atoms with Crippen molar-refractivity contribution < 1.29 is 9.66 Å². The Balaban J connectivity index is 0. The zero-order valence-electron chi connectivity index (χ0n) is 9.43. The second-order valence-corrected chi connectivity index (χ2v) is 3.03. The van der Waals surface area contributed by atoms with Crippen LogP contribution in [0.15, 0.2) is 18.2 Å². The molecule has 0 bridgehead atoms. The van der Waals surface area contributed by atoms with Gasteiger partial charge in [-0.05, 0) is 19.4 Å². The highest BCUT2D eigenvalue weighted by molar-refractivity contribution is 5.85. The highest BCUT2D eigenvalue weighted by Crippen LogP contribution is 2.29. The van der Waals surface area contributed by atoms with Crippen LogP contribution in [0, 0.1) is 17.0 Å². The van der Waals surface area contributed by atoms with Gasteiger partial charge in [0.15, 0.2) is 5.75 Å². The van der Waals surface area contributed by atoms with Crippen LogP contribution in [0.4, 0.5) is 5.69 Å². The fraction of sp³-hybridized carbons (Fsp3) is 0.400. The quantitative estimate of drug-likeness (QED) is 0.654. The number of hydrogen-bond acceptors (Lipinski definition) is 4. The number of hydrogen-bond donors (Lipinski definition) is 1. The third-order valence-corrected chi connectivity index (χ3v) is 1.85. The zero-order valence-corrected chi connectivity index (χ0v) is 10.3. The molecule has 5 nitrogen and oxygen atoms in total. The highest BCUT2D eigenvalue weighted by atomic mass is 35.5. The monoisotopic (exact) mass is 248 g/mol. The number of benzene rings is 1. The highest BCUT2D eigenvalue weighted by Gasteiger charge is 2.17. The normalized spacial score (nSPS) is 8.62. The first-order valence-electron chi connectivity index (χ1n) is 4.53. The molecular weight excluding hydrogens is 232 g/mol. The van der Waals surface area contributed by atoms with E-state index in [9.17, 15) is 10.1 Å². The van der Waals surface area contributed by atoms with Crippen LogP contribution in [0.3, 0.4) is 0 Å². The molecule has 0 saturated carbocycles. The molecule has 1 rings (SSSR count). The van der Waals surface area contributed by atoms with Crippen LogP contribution in [0.2, 0.25) is 0 Å². The van der Waals surface area contributed by atoms with Gasteiger partial charge in [-0.25, -0.2) is 0 Å². The van der Waals surface area contributed by atoms with Crippen molar-refractivity contribution in [1.29, 1.82) is 0 Å². The number of nitro groups is 1. The molecule has 0 aliphatic heterocycles. The van der Waals surface area contributed by atoms with Crippen LogP contribution in [0.5, 0.6) is 5.75 Å². The number of ether oxygens (including phenoxy) is 1. The van der Waals surface area contributed by atoms with Crippen molar-refractivity contribution in [2.75, 3.05) is 6.61 Å². The maximum Gasteiger partial charge on any atom is 0.313 e. The lowest BCUT2D eigenvalue weighted by molar-refractivity contribution is -0.386. The lowest BCUT2D eigenvalue weighted by Gasteiger charge is -2.06. The van der Waals surface area contributed by atoms with Crippen LogP contribution in [0.25, 0.3) is 0 Å². The summed E-state index contributed by atoms with van der Waals surface area (Å²) in [6, 6.07) is 5.09. The molecule has 6 heteroatoms. The first kappa shape index (κ1) is 17.1. The van der Waals surface area contributed by atoms with Crippen LogP contribution in [-0.4, -0.2) is 11.5 Å². The van der Waals surface area contributed by atoms with Crippen molar-refractivity contribution in [2.45, 2.75) is 20.3 Å². The first-order valence-corrected chi connectivity index (χ1v) is 4.53. The summed E-state index contributed by atoms with van der Waals surface area (Å²) in [6.07, 6.45) is 0.838. The topological polar surface area (TPSA) is 87.4 Å². The maximum atomic E-state index is 10.7. The van der Waals surface area contributed by atoms with Crippen LogP contribution in [0.1, 0.15) is 18.9 Å². The van der Waals surface area contributed by atoms with E-state index in [1.54, 1.807) is 25.1 Å². The Bertz CT molecular complexity index is 345. The Morgan fingerprint density at radius 1 is 1.44 bits per heavy atom. The van der Waals surface area contributed by atoms with Gasteiger partial charge in [0.2, 0.25) is 0 Å². The molecule has 0 unspecified atom stereocenters. The fourth-order valence-electron chi connectivity index (χ4n) is 1.19. The van der Waals surface area contributed by atoms with Gasteiger partial charge in [-0.15, -0.1) is 12.4 Å². The Morgan fingerprint density at radius 3 is 2.56 bits per heavy atom. The molecule has 0 saturated heterocycles. The van der Waals surface area contributed by atoms with Crippen molar-refractivity contribution in [3.63, 3.8) is 0 Å². The predicted octanol–water partition coefficient (Wildman–Crippen LogP) is 3.28. The van der Waals surface area contributed by atoms with Gasteiger partial charge in [0.05, 0.1) is 11.5 Å². The summed E-state index contributed by atoms with van der Waals surface area (Å²) in [7, 11) is 0. The van der Waals surface area contributed by atoms with Gasteiger partial charge < -0.3 is 10.9 Å². The van der Waals surface area contributed by atoms with E-state index in [0.29, 0.717) is 17.9 Å². The summed E-state index contributed by atoms with van der Waals surface area (Å²) < 4.78 is 5.29.